The van der Waals surface area contributed by atoms with Crippen molar-refractivity contribution in [2.24, 2.45) is 11.3 Å². The number of allylic oxidation sites excluding steroid dienone is 1. The third kappa shape index (κ3) is 2.53. The minimum atomic E-state index is -0.230. The van der Waals surface area contributed by atoms with E-state index >= 15 is 0 Å². The first-order valence-corrected chi connectivity index (χ1v) is 7.09. The van der Waals surface area contributed by atoms with Crippen molar-refractivity contribution in [1.82, 2.24) is 0 Å². The van der Waals surface area contributed by atoms with Gasteiger partial charge in [-0.05, 0) is 51.9 Å². The van der Waals surface area contributed by atoms with Crippen molar-refractivity contribution in [2.75, 3.05) is 0 Å². The smallest absolute Gasteiger partial charge is 0.400 e. The van der Waals surface area contributed by atoms with Crippen LogP contribution in [0.4, 0.5) is 0 Å². The lowest BCUT2D eigenvalue weighted by molar-refractivity contribution is 0.00578. The van der Waals surface area contributed by atoms with Crippen molar-refractivity contribution in [3.63, 3.8) is 0 Å². The van der Waals surface area contributed by atoms with E-state index in [0.717, 1.165) is 6.42 Å². The van der Waals surface area contributed by atoms with Crippen molar-refractivity contribution in [3.8, 4) is 0 Å². The summed E-state index contributed by atoms with van der Waals surface area (Å²) in [7, 11) is -0.179. The molecule has 0 aromatic rings. The summed E-state index contributed by atoms with van der Waals surface area (Å²) in [5.74, 6) is 2.87. The first kappa shape index (κ1) is 14.1. The Kier molecular flexibility index (Phi) is 3.23. The van der Waals surface area contributed by atoms with Crippen LogP contribution in [-0.4, -0.2) is 18.3 Å². The second-order valence-corrected chi connectivity index (χ2v) is 7.81. The first-order chi connectivity index (χ1) is 8.02. The monoisotopic (exact) mass is 250 g/mol. The van der Waals surface area contributed by atoms with Crippen LogP contribution in [0.3, 0.4) is 0 Å². The molecule has 2 nitrogen and oxygen atoms in total. The molecule has 0 N–H and O–H groups in total. The van der Waals surface area contributed by atoms with Gasteiger partial charge in [-0.25, -0.2) is 0 Å². The van der Waals surface area contributed by atoms with Crippen molar-refractivity contribution in [1.29, 1.82) is 0 Å². The highest BCUT2D eigenvalue weighted by molar-refractivity contribution is 6.51. The van der Waals surface area contributed by atoms with Gasteiger partial charge in [-0.2, -0.15) is 0 Å². The summed E-state index contributed by atoms with van der Waals surface area (Å²) in [4.78, 5) is 0. The maximum absolute atomic E-state index is 6.04. The van der Waals surface area contributed by atoms with Crippen LogP contribution in [0.25, 0.3) is 0 Å². The van der Waals surface area contributed by atoms with Gasteiger partial charge in [0.15, 0.2) is 0 Å². The molecule has 2 fully saturated rings. The molecule has 3 heteroatoms. The topological polar surface area (TPSA) is 18.5 Å². The van der Waals surface area contributed by atoms with Crippen LogP contribution in [0.2, 0.25) is 0 Å². The van der Waals surface area contributed by atoms with Gasteiger partial charge in [0.2, 0.25) is 0 Å². The highest BCUT2D eigenvalue weighted by atomic mass is 16.7. The minimum Gasteiger partial charge on any atom is -0.400 e. The van der Waals surface area contributed by atoms with Crippen molar-refractivity contribution >= 4 is 7.12 Å². The molecule has 1 atom stereocenters. The van der Waals surface area contributed by atoms with Crippen LogP contribution in [0.15, 0.2) is 11.5 Å². The lowest BCUT2D eigenvalue weighted by atomic mass is 9.84. The molecule has 0 aromatic heterocycles. The molecule has 102 valence electrons. The van der Waals surface area contributed by atoms with E-state index in [0.29, 0.717) is 11.3 Å². The SMILES string of the molecule is CC1CC(C)(C)C/C1=C/B1OC(C)(C)C(C)(C)O1. The molecule has 2 rings (SSSR count). The maximum atomic E-state index is 6.04. The van der Waals surface area contributed by atoms with Gasteiger partial charge >= 0.3 is 7.12 Å². The molecule has 0 aromatic carbocycles. The zero-order valence-electron chi connectivity index (χ0n) is 13.0. The number of hydrogen-bond acceptors (Lipinski definition) is 2. The van der Waals surface area contributed by atoms with Gasteiger partial charge in [-0.15, -0.1) is 0 Å². The molecule has 0 spiro atoms. The van der Waals surface area contributed by atoms with Gasteiger partial charge in [-0.1, -0.05) is 32.3 Å². The zero-order chi connectivity index (χ0) is 13.8. The Bertz CT molecular complexity index is 353. The van der Waals surface area contributed by atoms with E-state index < -0.39 is 0 Å². The van der Waals surface area contributed by atoms with Gasteiger partial charge in [0.25, 0.3) is 0 Å². The summed E-state index contributed by atoms with van der Waals surface area (Å²) in [6, 6.07) is 0. The van der Waals surface area contributed by atoms with E-state index in [9.17, 15) is 0 Å². The molecule has 0 bridgehead atoms. The van der Waals surface area contributed by atoms with Crippen LogP contribution in [0, 0.1) is 11.3 Å². The lowest BCUT2D eigenvalue weighted by Gasteiger charge is -2.32. The van der Waals surface area contributed by atoms with Gasteiger partial charge in [0, 0.05) is 0 Å². The molecular formula is C15H27BO2. The van der Waals surface area contributed by atoms with Crippen LogP contribution >= 0.6 is 0 Å². The average Bonchev–Trinajstić information content (AvgIpc) is 2.46. The summed E-state index contributed by atoms with van der Waals surface area (Å²) < 4.78 is 12.1. The van der Waals surface area contributed by atoms with E-state index in [-0.39, 0.29) is 18.3 Å². The predicted molar refractivity (Wildman–Crippen MR) is 76.3 cm³/mol. The van der Waals surface area contributed by atoms with E-state index in [1.165, 1.54) is 12.0 Å². The Balaban J connectivity index is 2.13. The fraction of sp³-hybridized carbons (Fsp3) is 0.867. The highest BCUT2D eigenvalue weighted by Crippen LogP contribution is 2.45. The van der Waals surface area contributed by atoms with E-state index in [4.69, 9.17) is 9.31 Å². The van der Waals surface area contributed by atoms with Crippen LogP contribution in [0.1, 0.15) is 61.3 Å². The molecule has 2 aliphatic rings. The molecule has 1 saturated heterocycles. The summed E-state index contributed by atoms with van der Waals surface area (Å²) >= 11 is 0. The minimum absolute atomic E-state index is 0.179. The van der Waals surface area contributed by atoms with Crippen LogP contribution in [-0.2, 0) is 9.31 Å². The van der Waals surface area contributed by atoms with Crippen molar-refractivity contribution in [2.45, 2.75) is 72.5 Å². The van der Waals surface area contributed by atoms with Gasteiger partial charge in [0.1, 0.15) is 0 Å². The molecular weight excluding hydrogens is 223 g/mol. The molecule has 1 unspecified atom stereocenters. The third-order valence-corrected chi connectivity index (χ3v) is 4.80. The van der Waals surface area contributed by atoms with Gasteiger partial charge < -0.3 is 9.31 Å². The largest absolute Gasteiger partial charge is 0.487 e. The quantitative estimate of drug-likeness (QED) is 0.655. The fourth-order valence-electron chi connectivity index (χ4n) is 3.11. The zero-order valence-corrected chi connectivity index (χ0v) is 13.0. The van der Waals surface area contributed by atoms with E-state index in [1.54, 1.807) is 0 Å². The van der Waals surface area contributed by atoms with Crippen molar-refractivity contribution < 1.29 is 9.31 Å². The van der Waals surface area contributed by atoms with E-state index in [2.05, 4.69) is 54.4 Å². The Morgan fingerprint density at radius 1 is 1.06 bits per heavy atom. The van der Waals surface area contributed by atoms with E-state index in [1.807, 2.05) is 0 Å². The highest BCUT2D eigenvalue weighted by Gasteiger charge is 2.50. The summed E-state index contributed by atoms with van der Waals surface area (Å²) in [5, 5.41) is 0. The van der Waals surface area contributed by atoms with Gasteiger partial charge in [0.05, 0.1) is 11.2 Å². The van der Waals surface area contributed by atoms with Crippen molar-refractivity contribution in [3.05, 3.63) is 11.5 Å². The summed E-state index contributed by atoms with van der Waals surface area (Å²) in [5.41, 5.74) is 1.46. The normalized spacial score (nSPS) is 35.4. The Morgan fingerprint density at radius 2 is 1.56 bits per heavy atom. The second-order valence-electron chi connectivity index (χ2n) is 7.81. The molecule has 0 amide bonds. The molecule has 1 saturated carbocycles. The number of rotatable bonds is 1. The predicted octanol–water partition coefficient (Wildman–Crippen LogP) is 4.00. The van der Waals surface area contributed by atoms with Crippen LogP contribution in [0.5, 0.6) is 0 Å². The summed E-state index contributed by atoms with van der Waals surface area (Å²) in [6.07, 6.45) is 2.43. The second kappa shape index (κ2) is 4.11. The van der Waals surface area contributed by atoms with Crippen LogP contribution < -0.4 is 0 Å². The van der Waals surface area contributed by atoms with Gasteiger partial charge in [-0.3, -0.25) is 0 Å². The fourth-order valence-corrected chi connectivity index (χ4v) is 3.11. The standard InChI is InChI=1S/C15H27BO2/c1-11-8-13(2,3)9-12(11)10-16-17-14(4,5)15(6,7)18-16/h10-11H,8-9H2,1-7H3/b12-10-. The average molecular weight is 250 g/mol. The number of hydrogen-bond donors (Lipinski definition) is 0. The molecule has 1 heterocycles. The Hall–Kier alpha value is -0.275. The first-order valence-electron chi connectivity index (χ1n) is 7.09. The maximum Gasteiger partial charge on any atom is 0.487 e. The summed E-state index contributed by atoms with van der Waals surface area (Å²) in [6.45, 7) is 15.4. The third-order valence-electron chi connectivity index (χ3n) is 4.80. The Morgan fingerprint density at radius 3 is 1.94 bits per heavy atom. The molecule has 0 radical (unpaired) electrons. The Labute approximate surface area is 112 Å². The lowest BCUT2D eigenvalue weighted by Crippen LogP contribution is -2.41. The molecule has 1 aliphatic heterocycles. The molecule has 18 heavy (non-hydrogen) atoms. The molecule has 1 aliphatic carbocycles.